The van der Waals surface area contributed by atoms with Crippen LogP contribution in [0, 0.1) is 0 Å². The molecule has 0 saturated carbocycles. The molecule has 0 saturated heterocycles. The van der Waals surface area contributed by atoms with Crippen LogP contribution >= 0.6 is 0 Å². The van der Waals surface area contributed by atoms with E-state index in [0.717, 1.165) is 33.5 Å². The molecule has 0 radical (unpaired) electrons. The lowest BCUT2D eigenvalue weighted by molar-refractivity contribution is 0.661. The van der Waals surface area contributed by atoms with Crippen LogP contribution in [0.5, 0.6) is 0 Å². The second-order valence-corrected chi connectivity index (χ2v) is 13.1. The molecular formula is C45H32N4. The van der Waals surface area contributed by atoms with E-state index in [-0.39, 0.29) is 5.41 Å². The fraction of sp³-hybridized carbons (Fsp3) is 0.0667. The zero-order valence-corrected chi connectivity index (χ0v) is 27.3. The van der Waals surface area contributed by atoms with Gasteiger partial charge in [-0.1, -0.05) is 153 Å². The Labute approximate surface area is 285 Å². The molecule has 0 bridgehead atoms. The van der Waals surface area contributed by atoms with E-state index in [0.29, 0.717) is 17.5 Å². The molecule has 0 N–H and O–H groups in total. The predicted octanol–water partition coefficient (Wildman–Crippen LogP) is 11.1. The monoisotopic (exact) mass is 628 g/mol. The largest absolute Gasteiger partial charge is 0.256 e. The first kappa shape index (κ1) is 28.9. The normalized spacial score (nSPS) is 12.9. The molecule has 232 valence electrons. The lowest BCUT2D eigenvalue weighted by atomic mass is 9.82. The van der Waals surface area contributed by atoms with Crippen molar-refractivity contribution in [2.75, 3.05) is 0 Å². The predicted molar refractivity (Wildman–Crippen MR) is 200 cm³/mol. The summed E-state index contributed by atoms with van der Waals surface area (Å²) >= 11 is 0. The van der Waals surface area contributed by atoms with Gasteiger partial charge in [-0.15, -0.1) is 0 Å². The summed E-state index contributed by atoms with van der Waals surface area (Å²) in [4.78, 5) is 20.0. The van der Waals surface area contributed by atoms with Gasteiger partial charge in [0, 0.05) is 33.9 Å². The van der Waals surface area contributed by atoms with Crippen molar-refractivity contribution in [2.24, 2.45) is 0 Å². The third-order valence-electron chi connectivity index (χ3n) is 9.82. The van der Waals surface area contributed by atoms with Gasteiger partial charge in [0.2, 0.25) is 0 Å². The second kappa shape index (κ2) is 11.5. The molecule has 4 heteroatoms. The molecule has 49 heavy (non-hydrogen) atoms. The molecule has 2 heterocycles. The van der Waals surface area contributed by atoms with E-state index >= 15 is 0 Å². The molecule has 0 atom stereocenters. The third-order valence-corrected chi connectivity index (χ3v) is 9.82. The lowest BCUT2D eigenvalue weighted by Gasteiger charge is -2.21. The summed E-state index contributed by atoms with van der Waals surface area (Å²) in [5.41, 5.74) is 12.1. The Morgan fingerprint density at radius 2 is 1.00 bits per heavy atom. The minimum atomic E-state index is -0.169. The molecule has 0 unspecified atom stereocenters. The van der Waals surface area contributed by atoms with Crippen molar-refractivity contribution >= 4 is 10.8 Å². The van der Waals surface area contributed by atoms with Gasteiger partial charge in [-0.25, -0.2) is 15.0 Å². The Morgan fingerprint density at radius 3 is 1.71 bits per heavy atom. The van der Waals surface area contributed by atoms with E-state index < -0.39 is 0 Å². The van der Waals surface area contributed by atoms with Crippen LogP contribution in [-0.4, -0.2) is 19.9 Å². The van der Waals surface area contributed by atoms with Crippen LogP contribution in [0.3, 0.4) is 0 Å². The van der Waals surface area contributed by atoms with Gasteiger partial charge < -0.3 is 0 Å². The summed E-state index contributed by atoms with van der Waals surface area (Å²) in [6.45, 7) is 4.63. The van der Waals surface area contributed by atoms with Gasteiger partial charge in [0.05, 0.1) is 5.69 Å². The SMILES string of the molecule is CC1(C)c2cccc(-c3nc(-c4ccc(-c5ccccc5)cc4)nc(-c4ccc(-c5ccccn5)cc4)n3)c2-c2c1ccc1ccccc21. The number of nitrogens with zero attached hydrogens (tertiary/aromatic N) is 4. The average molecular weight is 629 g/mol. The van der Waals surface area contributed by atoms with E-state index in [2.05, 4.69) is 146 Å². The van der Waals surface area contributed by atoms with Crippen molar-refractivity contribution in [3.8, 4) is 67.7 Å². The first-order chi connectivity index (χ1) is 24.0. The molecule has 9 rings (SSSR count). The minimum absolute atomic E-state index is 0.169. The van der Waals surface area contributed by atoms with Crippen LogP contribution < -0.4 is 0 Å². The van der Waals surface area contributed by atoms with Crippen molar-refractivity contribution in [1.29, 1.82) is 0 Å². The molecule has 0 amide bonds. The maximum atomic E-state index is 5.21. The van der Waals surface area contributed by atoms with Crippen LogP contribution in [0.1, 0.15) is 25.0 Å². The minimum Gasteiger partial charge on any atom is -0.256 e. The van der Waals surface area contributed by atoms with Gasteiger partial charge in [-0.3, -0.25) is 4.98 Å². The van der Waals surface area contributed by atoms with Crippen LogP contribution in [0.25, 0.3) is 78.4 Å². The molecule has 0 fully saturated rings. The van der Waals surface area contributed by atoms with Crippen molar-refractivity contribution < 1.29 is 0 Å². The Kier molecular flexibility index (Phi) is 6.77. The van der Waals surface area contributed by atoms with Gasteiger partial charge in [0.1, 0.15) is 0 Å². The molecule has 2 aromatic heterocycles. The quantitative estimate of drug-likeness (QED) is 0.190. The molecule has 0 spiro atoms. The smallest absolute Gasteiger partial charge is 0.164 e. The Bertz CT molecular complexity index is 2380. The molecule has 1 aliphatic rings. The standard InChI is InChI=1S/C45H32N4/c1-45(2)37-16-10-15-36(41(37)40-35-14-7-6-13-31(35)26-27-38(40)45)44-48-42(33-22-18-30(19-23-33)29-11-4-3-5-12-29)47-43(49-44)34-24-20-32(21-25-34)39-17-8-9-28-46-39/h3-28H,1-2H3. The van der Waals surface area contributed by atoms with Crippen LogP contribution in [0.4, 0.5) is 0 Å². The summed E-state index contributed by atoms with van der Waals surface area (Å²) in [5, 5.41) is 2.47. The van der Waals surface area contributed by atoms with Crippen molar-refractivity contribution in [1.82, 2.24) is 19.9 Å². The molecule has 6 aromatic carbocycles. The summed E-state index contributed by atoms with van der Waals surface area (Å²) in [7, 11) is 0. The molecule has 1 aliphatic carbocycles. The summed E-state index contributed by atoms with van der Waals surface area (Å²) in [6, 6.07) is 53.0. The fourth-order valence-corrected chi connectivity index (χ4v) is 7.26. The van der Waals surface area contributed by atoms with Crippen molar-refractivity contribution in [3.05, 3.63) is 169 Å². The highest BCUT2D eigenvalue weighted by Gasteiger charge is 2.38. The van der Waals surface area contributed by atoms with Gasteiger partial charge in [0.15, 0.2) is 17.5 Å². The zero-order chi connectivity index (χ0) is 33.0. The summed E-state index contributed by atoms with van der Waals surface area (Å²) in [5.74, 6) is 1.93. The average Bonchev–Trinajstić information content (AvgIpc) is 3.42. The number of hydrogen-bond donors (Lipinski definition) is 0. The van der Waals surface area contributed by atoms with Crippen LogP contribution in [0.15, 0.2) is 158 Å². The highest BCUT2D eigenvalue weighted by atomic mass is 15.0. The highest BCUT2D eigenvalue weighted by molar-refractivity contribution is 6.06. The number of hydrogen-bond acceptors (Lipinski definition) is 4. The van der Waals surface area contributed by atoms with Crippen LogP contribution in [-0.2, 0) is 5.41 Å². The topological polar surface area (TPSA) is 51.6 Å². The Hall–Kier alpha value is -6.26. The number of pyridine rings is 1. The maximum absolute atomic E-state index is 5.21. The summed E-state index contributed by atoms with van der Waals surface area (Å²) < 4.78 is 0. The molecule has 4 nitrogen and oxygen atoms in total. The maximum Gasteiger partial charge on any atom is 0.164 e. The van der Waals surface area contributed by atoms with Crippen LogP contribution in [0.2, 0.25) is 0 Å². The van der Waals surface area contributed by atoms with Gasteiger partial charge in [-0.2, -0.15) is 0 Å². The van der Waals surface area contributed by atoms with E-state index in [1.807, 2.05) is 30.5 Å². The van der Waals surface area contributed by atoms with E-state index in [9.17, 15) is 0 Å². The fourth-order valence-electron chi connectivity index (χ4n) is 7.26. The van der Waals surface area contributed by atoms with Gasteiger partial charge in [-0.05, 0) is 56.3 Å². The third kappa shape index (κ3) is 4.92. The van der Waals surface area contributed by atoms with E-state index in [4.69, 9.17) is 15.0 Å². The Balaban J connectivity index is 1.24. The molecule has 8 aromatic rings. The van der Waals surface area contributed by atoms with Crippen molar-refractivity contribution in [2.45, 2.75) is 19.3 Å². The number of fused-ring (bicyclic) bond motifs is 5. The van der Waals surface area contributed by atoms with Crippen molar-refractivity contribution in [3.63, 3.8) is 0 Å². The molecule has 0 aliphatic heterocycles. The number of aromatic nitrogens is 4. The first-order valence-corrected chi connectivity index (χ1v) is 16.6. The van der Waals surface area contributed by atoms with Gasteiger partial charge in [0.25, 0.3) is 0 Å². The zero-order valence-electron chi connectivity index (χ0n) is 27.3. The van der Waals surface area contributed by atoms with E-state index in [1.165, 1.54) is 38.6 Å². The second-order valence-electron chi connectivity index (χ2n) is 13.1. The molecular weight excluding hydrogens is 597 g/mol. The lowest BCUT2D eigenvalue weighted by Crippen LogP contribution is -2.14. The highest BCUT2D eigenvalue weighted by Crippen LogP contribution is 2.54. The van der Waals surface area contributed by atoms with Gasteiger partial charge >= 0.3 is 0 Å². The first-order valence-electron chi connectivity index (χ1n) is 16.6. The van der Waals surface area contributed by atoms with E-state index in [1.54, 1.807) is 0 Å². The Morgan fingerprint density at radius 1 is 0.408 bits per heavy atom. The summed E-state index contributed by atoms with van der Waals surface area (Å²) in [6.07, 6.45) is 1.82. The number of rotatable bonds is 5. The number of benzene rings is 6.